The monoisotopic (exact) mass is 379 g/mol. The van der Waals surface area contributed by atoms with Gasteiger partial charge in [-0.15, -0.1) is 0 Å². The Labute approximate surface area is 171 Å². The number of hydrogen-bond acceptors (Lipinski definition) is 2. The maximum atomic E-state index is 12.3. The predicted molar refractivity (Wildman–Crippen MR) is 121 cm³/mol. The summed E-state index contributed by atoms with van der Waals surface area (Å²) < 4.78 is 0. The van der Waals surface area contributed by atoms with E-state index in [1.165, 1.54) is 5.56 Å². The van der Waals surface area contributed by atoms with E-state index in [0.29, 0.717) is 0 Å². The van der Waals surface area contributed by atoms with E-state index in [4.69, 9.17) is 4.99 Å². The molecule has 0 aromatic heterocycles. The first kappa shape index (κ1) is 18.1. The summed E-state index contributed by atoms with van der Waals surface area (Å²) in [6.45, 7) is 6.31. The van der Waals surface area contributed by atoms with Crippen LogP contribution in [0.15, 0.2) is 77.3 Å². The molecule has 0 heterocycles. The highest BCUT2D eigenvalue weighted by atomic mass is 16.3. The van der Waals surface area contributed by atoms with Gasteiger partial charge < -0.3 is 5.11 Å². The number of aryl methyl sites for hydroxylation is 3. The normalized spacial score (nSPS) is 21.8. The fourth-order valence-electron chi connectivity index (χ4n) is 4.99. The van der Waals surface area contributed by atoms with Crippen molar-refractivity contribution >= 4 is 22.2 Å². The molecule has 144 valence electrons. The smallest absolute Gasteiger partial charge is 0.154 e. The first-order chi connectivity index (χ1) is 14.0. The Morgan fingerprint density at radius 1 is 0.966 bits per heavy atom. The minimum atomic E-state index is -1.20. The summed E-state index contributed by atoms with van der Waals surface area (Å²) in [5, 5.41) is 14.5. The van der Waals surface area contributed by atoms with Crippen LogP contribution in [0.4, 0.5) is 5.69 Å². The fraction of sp³-hybridized carbons (Fsp3) is 0.222. The van der Waals surface area contributed by atoms with Gasteiger partial charge in [-0.3, -0.25) is 0 Å². The maximum absolute atomic E-state index is 12.3. The number of aliphatic imine (C=N–C) groups is 1. The van der Waals surface area contributed by atoms with Crippen molar-refractivity contribution in [3.63, 3.8) is 0 Å². The van der Waals surface area contributed by atoms with Crippen LogP contribution in [0.2, 0.25) is 0 Å². The first-order valence-corrected chi connectivity index (χ1v) is 10.3. The summed E-state index contributed by atoms with van der Waals surface area (Å²) in [4.78, 5) is 5.17. The second kappa shape index (κ2) is 6.53. The number of allylic oxidation sites excluding steroid dienone is 3. The topological polar surface area (TPSA) is 32.6 Å². The van der Waals surface area contributed by atoms with E-state index >= 15 is 0 Å². The van der Waals surface area contributed by atoms with Crippen LogP contribution in [0, 0.1) is 20.8 Å². The summed E-state index contributed by atoms with van der Waals surface area (Å²) in [7, 11) is 0. The highest BCUT2D eigenvalue weighted by Crippen LogP contribution is 2.48. The van der Waals surface area contributed by atoms with E-state index in [1.54, 1.807) is 0 Å². The molecule has 0 bridgehead atoms. The molecule has 29 heavy (non-hydrogen) atoms. The largest absolute Gasteiger partial charge is 0.375 e. The molecule has 3 aromatic rings. The zero-order chi connectivity index (χ0) is 20.2. The van der Waals surface area contributed by atoms with E-state index in [0.717, 1.165) is 62.8 Å². The zero-order valence-electron chi connectivity index (χ0n) is 17.2. The molecule has 0 spiro atoms. The third kappa shape index (κ3) is 2.63. The molecule has 2 aliphatic carbocycles. The molecule has 0 saturated heterocycles. The van der Waals surface area contributed by atoms with Gasteiger partial charge in [-0.25, -0.2) is 4.99 Å². The van der Waals surface area contributed by atoms with Gasteiger partial charge >= 0.3 is 0 Å². The number of nitrogens with zero attached hydrogens (tertiary/aromatic N) is 1. The summed E-state index contributed by atoms with van der Waals surface area (Å²) in [6.07, 6.45) is 8.05. The van der Waals surface area contributed by atoms with E-state index in [-0.39, 0.29) is 0 Å². The fourth-order valence-corrected chi connectivity index (χ4v) is 4.99. The van der Waals surface area contributed by atoms with Gasteiger partial charge in [0.05, 0.1) is 11.4 Å². The standard InChI is InChI=1S/C27H25NO/c1-17-15-18(2)25(19(3)16-17)28-26-22-13-7-9-20-10-8-14-23(24(20)22)27(26,29)21-11-5-4-6-12-21/h4-5,7-11,13-16,29H,6,12H2,1-3H3. The van der Waals surface area contributed by atoms with Gasteiger partial charge in [0.25, 0.3) is 0 Å². The van der Waals surface area contributed by atoms with Gasteiger partial charge in [-0.2, -0.15) is 0 Å². The zero-order valence-corrected chi connectivity index (χ0v) is 17.2. The average molecular weight is 380 g/mol. The van der Waals surface area contributed by atoms with Crippen LogP contribution in [0.25, 0.3) is 10.8 Å². The minimum Gasteiger partial charge on any atom is -0.375 e. The van der Waals surface area contributed by atoms with Crippen LogP contribution in [0.1, 0.15) is 40.7 Å². The quantitative estimate of drug-likeness (QED) is 0.552. The molecule has 0 radical (unpaired) electrons. The Bertz CT molecular complexity index is 1220. The van der Waals surface area contributed by atoms with Crippen molar-refractivity contribution in [3.8, 4) is 0 Å². The van der Waals surface area contributed by atoms with Crippen LogP contribution in [0.5, 0.6) is 0 Å². The Balaban J connectivity index is 1.85. The molecular weight excluding hydrogens is 354 g/mol. The molecule has 2 nitrogen and oxygen atoms in total. The minimum absolute atomic E-state index is 0.751. The molecule has 1 atom stereocenters. The van der Waals surface area contributed by atoms with Gasteiger partial charge in [0.15, 0.2) is 5.60 Å². The van der Waals surface area contributed by atoms with Crippen molar-refractivity contribution in [1.82, 2.24) is 0 Å². The summed E-state index contributed by atoms with van der Waals surface area (Å²) in [5.41, 5.74) is 7.03. The lowest BCUT2D eigenvalue weighted by Gasteiger charge is -2.30. The van der Waals surface area contributed by atoms with Crippen molar-refractivity contribution in [2.24, 2.45) is 4.99 Å². The molecule has 0 saturated carbocycles. The third-order valence-corrected chi connectivity index (χ3v) is 6.23. The van der Waals surface area contributed by atoms with Crippen molar-refractivity contribution in [1.29, 1.82) is 0 Å². The highest BCUT2D eigenvalue weighted by molar-refractivity contribution is 6.24. The molecular formula is C27H25NO. The van der Waals surface area contributed by atoms with Crippen LogP contribution >= 0.6 is 0 Å². The molecule has 1 unspecified atom stereocenters. The van der Waals surface area contributed by atoms with E-state index in [1.807, 2.05) is 6.07 Å². The molecule has 3 aromatic carbocycles. The molecule has 0 aliphatic heterocycles. The van der Waals surface area contributed by atoms with Crippen molar-refractivity contribution < 1.29 is 5.11 Å². The summed E-state index contributed by atoms with van der Waals surface area (Å²) in [6, 6.07) is 16.8. The van der Waals surface area contributed by atoms with Crippen LogP contribution in [0.3, 0.4) is 0 Å². The second-order valence-corrected chi connectivity index (χ2v) is 8.29. The van der Waals surface area contributed by atoms with E-state index in [9.17, 15) is 5.11 Å². The number of rotatable bonds is 2. The Morgan fingerprint density at radius 2 is 1.69 bits per heavy atom. The Morgan fingerprint density at radius 3 is 2.38 bits per heavy atom. The van der Waals surface area contributed by atoms with Crippen molar-refractivity contribution in [2.75, 3.05) is 0 Å². The lowest BCUT2D eigenvalue weighted by molar-refractivity contribution is 0.151. The first-order valence-electron chi connectivity index (χ1n) is 10.3. The third-order valence-electron chi connectivity index (χ3n) is 6.23. The molecule has 2 heteroatoms. The van der Waals surface area contributed by atoms with Gasteiger partial charge in [-0.05, 0) is 61.1 Å². The van der Waals surface area contributed by atoms with Gasteiger partial charge in [0.2, 0.25) is 0 Å². The number of benzene rings is 3. The van der Waals surface area contributed by atoms with Crippen LogP contribution < -0.4 is 0 Å². The SMILES string of the molecule is Cc1cc(C)c(N=C2c3cccc4cccc(c34)C2(O)C2=CC=CCC2)c(C)c1. The molecule has 5 rings (SSSR count). The van der Waals surface area contributed by atoms with Crippen LogP contribution in [-0.2, 0) is 5.60 Å². The number of aliphatic hydroxyl groups is 1. The maximum Gasteiger partial charge on any atom is 0.154 e. The highest BCUT2D eigenvalue weighted by Gasteiger charge is 2.46. The lowest BCUT2D eigenvalue weighted by Crippen LogP contribution is -2.35. The van der Waals surface area contributed by atoms with Gasteiger partial charge in [0, 0.05) is 11.1 Å². The van der Waals surface area contributed by atoms with Crippen molar-refractivity contribution in [3.05, 3.63) is 100 Å². The van der Waals surface area contributed by atoms with Gasteiger partial charge in [-0.1, -0.05) is 72.3 Å². The molecule has 1 N–H and O–H groups in total. The van der Waals surface area contributed by atoms with Crippen molar-refractivity contribution in [2.45, 2.75) is 39.2 Å². The molecule has 2 aliphatic rings. The molecule has 0 amide bonds. The lowest BCUT2D eigenvalue weighted by atomic mass is 9.81. The van der Waals surface area contributed by atoms with Crippen LogP contribution in [-0.4, -0.2) is 10.8 Å². The Kier molecular flexibility index (Phi) is 4.07. The number of hydrogen-bond donors (Lipinski definition) is 1. The van der Waals surface area contributed by atoms with Gasteiger partial charge in [0.1, 0.15) is 0 Å². The predicted octanol–water partition coefficient (Wildman–Crippen LogP) is 6.36. The average Bonchev–Trinajstić information content (AvgIpc) is 2.97. The summed E-state index contributed by atoms with van der Waals surface area (Å²) in [5.74, 6) is 0. The summed E-state index contributed by atoms with van der Waals surface area (Å²) >= 11 is 0. The molecule has 0 fully saturated rings. The van der Waals surface area contributed by atoms with E-state index in [2.05, 4.69) is 81.5 Å². The Hall–Kier alpha value is -2.97. The second-order valence-electron chi connectivity index (χ2n) is 8.29. The van der Waals surface area contributed by atoms with E-state index < -0.39 is 5.60 Å².